The molecule has 0 fully saturated rings. The Labute approximate surface area is 155 Å². The maximum absolute atomic E-state index is 12.7. The molecule has 132 valence electrons. The van der Waals surface area contributed by atoms with Gasteiger partial charge in [0.15, 0.2) is 0 Å². The van der Waals surface area contributed by atoms with Crippen molar-refractivity contribution in [1.82, 2.24) is 0 Å². The molecular weight excluding hydrogens is 340 g/mol. The second-order valence-corrected chi connectivity index (χ2v) is 6.29. The molecule has 0 saturated carbocycles. The van der Waals surface area contributed by atoms with E-state index in [1.165, 1.54) is 11.1 Å². The second-order valence-electron chi connectivity index (χ2n) is 6.29. The lowest BCUT2D eigenvalue weighted by molar-refractivity contribution is -0.134. The average molecular weight is 356 g/mol. The van der Waals surface area contributed by atoms with Gasteiger partial charge in [0, 0.05) is 17.9 Å². The Balaban J connectivity index is 0.000000413. The summed E-state index contributed by atoms with van der Waals surface area (Å²) in [6.45, 7) is 1.08. The summed E-state index contributed by atoms with van der Waals surface area (Å²) in [4.78, 5) is 21.7. The molecule has 3 aromatic rings. The lowest BCUT2D eigenvalue weighted by atomic mass is 9.94. The van der Waals surface area contributed by atoms with E-state index in [-0.39, 0.29) is 5.63 Å². The topological polar surface area (TPSA) is 67.5 Å². The fourth-order valence-corrected chi connectivity index (χ4v) is 3.28. The molecule has 1 aromatic heterocycles. The molecule has 1 N–H and O–H groups in total. The van der Waals surface area contributed by atoms with Gasteiger partial charge in [-0.15, -0.1) is 0 Å². The minimum absolute atomic E-state index is 0.285. The van der Waals surface area contributed by atoms with Gasteiger partial charge < -0.3 is 9.52 Å². The van der Waals surface area contributed by atoms with Crippen molar-refractivity contribution in [3.05, 3.63) is 83.2 Å². The first kappa shape index (κ1) is 16.8. The number of hydrogen-bond acceptors (Lipinski definition) is 3. The number of carbonyl (C=O) groups is 1. The van der Waals surface area contributed by atoms with E-state index >= 15 is 0 Å². The van der Waals surface area contributed by atoms with Gasteiger partial charge in [0.1, 0.15) is 5.58 Å². The number of rotatable bonds is 2. The van der Waals surface area contributed by atoms with Gasteiger partial charge in [0.2, 0.25) is 0 Å². The molecule has 4 nitrogen and oxygen atoms in total. The summed E-state index contributed by atoms with van der Waals surface area (Å²) in [5.74, 6) is -0.833. The molecular formula is C23H16O4. The molecule has 0 unspecified atom stereocenters. The fourth-order valence-electron chi connectivity index (χ4n) is 3.28. The predicted octanol–water partition coefficient (Wildman–Crippen LogP) is 5.20. The number of hydrogen-bond donors (Lipinski definition) is 1. The largest absolute Gasteiger partial charge is 0.481 e. The Bertz CT molecular complexity index is 1200. The van der Waals surface area contributed by atoms with Crippen molar-refractivity contribution in [2.45, 2.75) is 6.92 Å². The molecule has 2 aromatic carbocycles. The molecule has 4 heteroatoms. The van der Waals surface area contributed by atoms with Gasteiger partial charge in [0.25, 0.3) is 5.97 Å². The van der Waals surface area contributed by atoms with Gasteiger partial charge in [0.05, 0.1) is 5.56 Å². The minimum Gasteiger partial charge on any atom is -0.481 e. The van der Waals surface area contributed by atoms with Crippen molar-refractivity contribution < 1.29 is 14.3 Å². The zero-order valence-corrected chi connectivity index (χ0v) is 14.6. The van der Waals surface area contributed by atoms with Crippen LogP contribution in [0, 0.1) is 0 Å². The smallest absolute Gasteiger partial charge is 0.344 e. The number of aliphatic carboxylic acids is 1. The van der Waals surface area contributed by atoms with E-state index in [4.69, 9.17) is 14.3 Å². The summed E-state index contributed by atoms with van der Waals surface area (Å²) in [6.07, 6.45) is 0. The second kappa shape index (κ2) is 6.57. The first-order valence-corrected chi connectivity index (χ1v) is 8.52. The van der Waals surface area contributed by atoms with Crippen LogP contribution in [0.4, 0.5) is 0 Å². The maximum Gasteiger partial charge on any atom is 0.344 e. The first-order chi connectivity index (χ1) is 13.1. The lowest BCUT2D eigenvalue weighted by Crippen LogP contribution is -2.05. The first-order valence-electron chi connectivity index (χ1n) is 8.52. The minimum atomic E-state index is -0.833. The van der Waals surface area contributed by atoms with Crippen molar-refractivity contribution in [2.75, 3.05) is 0 Å². The number of fused-ring (bicyclic) bond motifs is 3. The van der Waals surface area contributed by atoms with Crippen LogP contribution in [0.2, 0.25) is 0 Å². The number of benzene rings is 3. The SMILES string of the molecule is CC(=O)O.O=c1oc2cc3cc-3c2c(-c2ccccc2)c1-c1ccccc1. The zero-order chi connectivity index (χ0) is 19.0. The van der Waals surface area contributed by atoms with Crippen molar-refractivity contribution in [3.8, 4) is 33.4 Å². The van der Waals surface area contributed by atoms with Crippen molar-refractivity contribution in [2.24, 2.45) is 0 Å². The molecule has 27 heavy (non-hydrogen) atoms. The van der Waals surface area contributed by atoms with E-state index in [0.29, 0.717) is 11.1 Å². The molecule has 0 atom stereocenters. The molecule has 0 bridgehead atoms. The molecule has 0 spiro atoms. The third kappa shape index (κ3) is 3.13. The summed E-state index contributed by atoms with van der Waals surface area (Å²) in [6, 6.07) is 23.9. The Kier molecular flexibility index (Phi) is 4.09. The monoisotopic (exact) mass is 356 g/mol. The zero-order valence-electron chi connectivity index (χ0n) is 14.6. The van der Waals surface area contributed by atoms with Crippen molar-refractivity contribution >= 4 is 16.9 Å². The third-order valence-corrected chi connectivity index (χ3v) is 4.36. The summed E-state index contributed by atoms with van der Waals surface area (Å²) < 4.78 is 5.60. The van der Waals surface area contributed by atoms with Crippen molar-refractivity contribution in [1.29, 1.82) is 0 Å². The Hall–Kier alpha value is -3.66. The Morgan fingerprint density at radius 3 is 1.89 bits per heavy atom. The molecule has 2 aliphatic rings. The van der Waals surface area contributed by atoms with Crippen molar-refractivity contribution in [3.63, 3.8) is 0 Å². The third-order valence-electron chi connectivity index (χ3n) is 4.36. The molecule has 0 amide bonds. The quantitative estimate of drug-likeness (QED) is 0.442. The van der Waals surface area contributed by atoms with Crippen LogP contribution in [0.5, 0.6) is 0 Å². The molecule has 0 aliphatic heterocycles. The van der Waals surface area contributed by atoms with E-state index in [1.807, 2.05) is 66.7 Å². The predicted molar refractivity (Wildman–Crippen MR) is 106 cm³/mol. The molecule has 2 aliphatic carbocycles. The summed E-state index contributed by atoms with van der Waals surface area (Å²) in [5.41, 5.74) is 6.30. The lowest BCUT2D eigenvalue weighted by Gasteiger charge is -2.10. The highest BCUT2D eigenvalue weighted by molar-refractivity contribution is 6.16. The van der Waals surface area contributed by atoms with Gasteiger partial charge in [-0.05, 0) is 34.4 Å². The van der Waals surface area contributed by atoms with Crippen LogP contribution in [-0.4, -0.2) is 11.1 Å². The van der Waals surface area contributed by atoms with Gasteiger partial charge in [-0.3, -0.25) is 4.79 Å². The van der Waals surface area contributed by atoms with Crippen LogP contribution in [0.15, 0.2) is 82.0 Å². The highest BCUT2D eigenvalue weighted by Gasteiger charge is 2.26. The van der Waals surface area contributed by atoms with Gasteiger partial charge >= 0.3 is 5.63 Å². The van der Waals surface area contributed by atoms with Crippen LogP contribution in [0.1, 0.15) is 6.92 Å². The summed E-state index contributed by atoms with van der Waals surface area (Å²) in [5, 5.41) is 8.46. The van der Waals surface area contributed by atoms with E-state index in [2.05, 4.69) is 6.07 Å². The van der Waals surface area contributed by atoms with Crippen LogP contribution < -0.4 is 5.63 Å². The maximum atomic E-state index is 12.7. The van der Waals surface area contributed by atoms with Crippen LogP contribution in [0.25, 0.3) is 44.3 Å². The Morgan fingerprint density at radius 2 is 1.33 bits per heavy atom. The highest BCUT2D eigenvalue weighted by atomic mass is 16.4. The average Bonchev–Trinajstić information content (AvgIpc) is 3.32. The fraction of sp³-hybridized carbons (Fsp3) is 0.0435. The van der Waals surface area contributed by atoms with Crippen LogP contribution >= 0.6 is 0 Å². The van der Waals surface area contributed by atoms with Crippen LogP contribution in [0.3, 0.4) is 0 Å². The Morgan fingerprint density at radius 1 is 0.815 bits per heavy atom. The number of carboxylic acids is 1. The normalized spacial score (nSPS) is 10.9. The highest BCUT2D eigenvalue weighted by Crippen LogP contribution is 2.48. The van der Waals surface area contributed by atoms with Gasteiger partial charge in [-0.25, -0.2) is 4.79 Å². The van der Waals surface area contributed by atoms with E-state index in [1.54, 1.807) is 0 Å². The standard InChI is InChI=1S/C21H12O2.C2H4O2/c22-21-19(14-9-5-2-6-10-14)18(13-7-3-1-4-8-13)20-16-11-15(16)12-17(20)23-21;1-2(3)4/h1-12H;1H3,(H,3,4). The van der Waals surface area contributed by atoms with Gasteiger partial charge in [-0.1, -0.05) is 60.7 Å². The van der Waals surface area contributed by atoms with E-state index in [9.17, 15) is 4.79 Å². The summed E-state index contributed by atoms with van der Waals surface area (Å²) >= 11 is 0. The molecule has 1 heterocycles. The van der Waals surface area contributed by atoms with Gasteiger partial charge in [-0.2, -0.15) is 0 Å². The molecule has 0 radical (unpaired) electrons. The number of carboxylic acid groups (broad SMARTS) is 1. The van der Waals surface area contributed by atoms with E-state index in [0.717, 1.165) is 29.0 Å². The summed E-state index contributed by atoms with van der Waals surface area (Å²) in [7, 11) is 0. The van der Waals surface area contributed by atoms with Crippen LogP contribution in [-0.2, 0) is 4.79 Å². The molecule has 5 rings (SSSR count). The molecule has 0 saturated heterocycles. The van der Waals surface area contributed by atoms with E-state index < -0.39 is 5.97 Å².